The maximum absolute atomic E-state index is 5.64. The fourth-order valence-corrected chi connectivity index (χ4v) is 1.22. The molecule has 4 heteroatoms. The zero-order chi connectivity index (χ0) is 10.6. The van der Waals surface area contributed by atoms with E-state index < -0.39 is 0 Å². The van der Waals surface area contributed by atoms with Gasteiger partial charge in [-0.2, -0.15) is 0 Å². The topological polar surface area (TPSA) is 63.8 Å². The Hall–Kier alpha value is -1.16. The van der Waals surface area contributed by atoms with Crippen LogP contribution in [-0.2, 0) is 0 Å². The van der Waals surface area contributed by atoms with Crippen LogP contribution in [0, 0.1) is 13.8 Å². The molecule has 4 nitrogen and oxygen atoms in total. The van der Waals surface area contributed by atoms with Gasteiger partial charge >= 0.3 is 0 Å². The third-order valence-corrected chi connectivity index (χ3v) is 1.87. The number of anilines is 1. The number of nitrogens with two attached hydrogens (primary N) is 1. The lowest BCUT2D eigenvalue weighted by Gasteiger charge is -2.07. The van der Waals surface area contributed by atoms with Crippen LogP contribution in [0.5, 0.6) is 0 Å². The van der Waals surface area contributed by atoms with Gasteiger partial charge in [-0.05, 0) is 33.3 Å². The predicted molar refractivity (Wildman–Crippen MR) is 58.3 cm³/mol. The van der Waals surface area contributed by atoms with Crippen LogP contribution in [0.2, 0.25) is 0 Å². The second-order valence-electron chi connectivity index (χ2n) is 3.67. The van der Waals surface area contributed by atoms with Crippen LogP contribution in [-0.4, -0.2) is 22.6 Å². The Kier molecular flexibility index (Phi) is 3.83. The van der Waals surface area contributed by atoms with Crippen LogP contribution in [0.15, 0.2) is 6.07 Å². The molecular weight excluding hydrogens is 176 g/mol. The highest BCUT2D eigenvalue weighted by molar-refractivity contribution is 5.27. The molecule has 0 amide bonds. The molecule has 14 heavy (non-hydrogen) atoms. The van der Waals surface area contributed by atoms with Crippen molar-refractivity contribution in [2.75, 3.05) is 11.9 Å². The van der Waals surface area contributed by atoms with Gasteiger partial charge in [-0.25, -0.2) is 9.97 Å². The number of hydrogen-bond donors (Lipinski definition) is 2. The summed E-state index contributed by atoms with van der Waals surface area (Å²) in [6, 6.07) is 2.17. The monoisotopic (exact) mass is 194 g/mol. The smallest absolute Gasteiger partial charge is 0.223 e. The quantitative estimate of drug-likeness (QED) is 0.757. The van der Waals surface area contributed by atoms with E-state index in [1.165, 1.54) is 0 Å². The van der Waals surface area contributed by atoms with Gasteiger partial charge in [-0.1, -0.05) is 0 Å². The number of aryl methyl sites for hydroxylation is 2. The van der Waals surface area contributed by atoms with E-state index in [-0.39, 0.29) is 6.04 Å². The first-order valence-corrected chi connectivity index (χ1v) is 4.89. The van der Waals surface area contributed by atoms with Gasteiger partial charge in [0.05, 0.1) is 0 Å². The summed E-state index contributed by atoms with van der Waals surface area (Å²) >= 11 is 0. The summed E-state index contributed by atoms with van der Waals surface area (Å²) in [4.78, 5) is 8.54. The van der Waals surface area contributed by atoms with Crippen molar-refractivity contribution in [1.82, 2.24) is 9.97 Å². The Balaban J connectivity index is 2.50. The molecule has 0 spiro atoms. The molecule has 1 aromatic heterocycles. The standard InChI is InChI=1S/C10H18N4/c1-7(11)4-5-12-10-13-8(2)6-9(3)14-10/h6-7H,4-5,11H2,1-3H3,(H,12,13,14). The Morgan fingerprint density at radius 1 is 1.36 bits per heavy atom. The summed E-state index contributed by atoms with van der Waals surface area (Å²) in [7, 11) is 0. The van der Waals surface area contributed by atoms with Crippen LogP contribution >= 0.6 is 0 Å². The average Bonchev–Trinajstić information content (AvgIpc) is 2.01. The molecule has 0 fully saturated rings. The molecule has 0 aromatic carbocycles. The van der Waals surface area contributed by atoms with E-state index in [1.54, 1.807) is 0 Å². The van der Waals surface area contributed by atoms with Crippen molar-refractivity contribution >= 4 is 5.95 Å². The molecule has 1 atom stereocenters. The van der Waals surface area contributed by atoms with Crippen LogP contribution < -0.4 is 11.1 Å². The highest BCUT2D eigenvalue weighted by Crippen LogP contribution is 2.03. The summed E-state index contributed by atoms with van der Waals surface area (Å²) in [5.74, 6) is 0.697. The minimum atomic E-state index is 0.216. The summed E-state index contributed by atoms with van der Waals surface area (Å²) in [5, 5.41) is 3.16. The lowest BCUT2D eigenvalue weighted by Crippen LogP contribution is -2.19. The van der Waals surface area contributed by atoms with Gasteiger partial charge < -0.3 is 11.1 Å². The fourth-order valence-electron chi connectivity index (χ4n) is 1.22. The van der Waals surface area contributed by atoms with Crippen LogP contribution in [0.4, 0.5) is 5.95 Å². The second-order valence-corrected chi connectivity index (χ2v) is 3.67. The normalized spacial score (nSPS) is 12.6. The largest absolute Gasteiger partial charge is 0.354 e. The minimum absolute atomic E-state index is 0.216. The van der Waals surface area contributed by atoms with Crippen molar-refractivity contribution in [3.63, 3.8) is 0 Å². The van der Waals surface area contributed by atoms with E-state index >= 15 is 0 Å². The van der Waals surface area contributed by atoms with Crippen LogP contribution in [0.25, 0.3) is 0 Å². The molecule has 1 heterocycles. The molecule has 0 aliphatic carbocycles. The summed E-state index contributed by atoms with van der Waals surface area (Å²) in [5.41, 5.74) is 7.61. The van der Waals surface area contributed by atoms with Gasteiger partial charge in [0, 0.05) is 24.0 Å². The van der Waals surface area contributed by atoms with Crippen LogP contribution in [0.1, 0.15) is 24.7 Å². The first-order valence-electron chi connectivity index (χ1n) is 4.89. The third-order valence-electron chi connectivity index (χ3n) is 1.87. The fraction of sp³-hybridized carbons (Fsp3) is 0.600. The van der Waals surface area contributed by atoms with Gasteiger partial charge in [0.25, 0.3) is 0 Å². The molecule has 1 unspecified atom stereocenters. The molecule has 0 saturated carbocycles. The van der Waals surface area contributed by atoms with E-state index in [9.17, 15) is 0 Å². The number of aromatic nitrogens is 2. The lowest BCUT2D eigenvalue weighted by molar-refractivity contribution is 0.687. The number of rotatable bonds is 4. The van der Waals surface area contributed by atoms with Crippen LogP contribution in [0.3, 0.4) is 0 Å². The highest BCUT2D eigenvalue weighted by Gasteiger charge is 1.99. The van der Waals surface area contributed by atoms with Crippen molar-refractivity contribution in [3.05, 3.63) is 17.5 Å². The first-order chi connectivity index (χ1) is 6.58. The zero-order valence-electron chi connectivity index (χ0n) is 9.04. The Morgan fingerprint density at radius 2 is 1.93 bits per heavy atom. The van der Waals surface area contributed by atoms with Crippen molar-refractivity contribution in [3.8, 4) is 0 Å². The number of nitrogens with one attached hydrogen (secondary N) is 1. The van der Waals surface area contributed by atoms with Gasteiger partial charge in [0.2, 0.25) is 5.95 Å². The molecule has 0 aliphatic rings. The van der Waals surface area contributed by atoms with Gasteiger partial charge in [-0.15, -0.1) is 0 Å². The summed E-state index contributed by atoms with van der Waals surface area (Å²) in [6.07, 6.45) is 0.927. The van der Waals surface area contributed by atoms with Crippen molar-refractivity contribution in [2.45, 2.75) is 33.2 Å². The molecule has 78 valence electrons. The van der Waals surface area contributed by atoms with E-state index in [0.717, 1.165) is 24.4 Å². The number of hydrogen-bond acceptors (Lipinski definition) is 4. The summed E-state index contributed by atoms with van der Waals surface area (Å²) < 4.78 is 0. The van der Waals surface area contributed by atoms with Crippen molar-refractivity contribution in [2.24, 2.45) is 5.73 Å². The third kappa shape index (κ3) is 3.70. The molecule has 1 rings (SSSR count). The molecule has 3 N–H and O–H groups in total. The zero-order valence-corrected chi connectivity index (χ0v) is 9.04. The van der Waals surface area contributed by atoms with E-state index in [1.807, 2.05) is 26.8 Å². The van der Waals surface area contributed by atoms with E-state index in [2.05, 4.69) is 15.3 Å². The summed E-state index contributed by atoms with van der Waals surface area (Å²) in [6.45, 7) is 6.74. The van der Waals surface area contributed by atoms with Gasteiger partial charge in [0.15, 0.2) is 0 Å². The van der Waals surface area contributed by atoms with E-state index in [0.29, 0.717) is 5.95 Å². The SMILES string of the molecule is Cc1cc(C)nc(NCCC(C)N)n1. The molecule has 0 aliphatic heterocycles. The maximum atomic E-state index is 5.64. The molecule has 0 saturated heterocycles. The lowest BCUT2D eigenvalue weighted by atomic mass is 10.2. The number of nitrogens with zero attached hydrogens (tertiary/aromatic N) is 2. The predicted octanol–water partition coefficient (Wildman–Crippen LogP) is 1.24. The van der Waals surface area contributed by atoms with Gasteiger partial charge in [-0.3, -0.25) is 0 Å². The van der Waals surface area contributed by atoms with Crippen molar-refractivity contribution in [1.29, 1.82) is 0 Å². The maximum Gasteiger partial charge on any atom is 0.223 e. The average molecular weight is 194 g/mol. The highest BCUT2D eigenvalue weighted by atomic mass is 15.1. The molecular formula is C10H18N4. The minimum Gasteiger partial charge on any atom is -0.354 e. The molecule has 0 bridgehead atoms. The molecule has 1 aromatic rings. The second kappa shape index (κ2) is 4.91. The Labute approximate surface area is 85.0 Å². The van der Waals surface area contributed by atoms with Crippen molar-refractivity contribution < 1.29 is 0 Å². The molecule has 0 radical (unpaired) electrons. The van der Waals surface area contributed by atoms with E-state index in [4.69, 9.17) is 5.73 Å². The Morgan fingerprint density at radius 3 is 2.43 bits per heavy atom. The first kappa shape index (κ1) is 10.9. The Bertz CT molecular complexity index is 276. The van der Waals surface area contributed by atoms with Gasteiger partial charge in [0.1, 0.15) is 0 Å².